The Morgan fingerprint density at radius 3 is 2.57 bits per heavy atom. The maximum absolute atomic E-state index is 12.4. The topological polar surface area (TPSA) is 70.7 Å². The van der Waals surface area contributed by atoms with Gasteiger partial charge in [0.15, 0.2) is 0 Å². The number of nitrogens with one attached hydrogen (secondary N) is 2. The number of nitrogens with zero attached hydrogens (tertiary/aromatic N) is 1. The van der Waals surface area contributed by atoms with Crippen molar-refractivity contribution in [3.05, 3.63) is 53.6 Å². The van der Waals surface area contributed by atoms with Gasteiger partial charge in [-0.05, 0) is 54.3 Å². The van der Waals surface area contributed by atoms with Gasteiger partial charge in [-0.25, -0.2) is 4.79 Å². The van der Waals surface area contributed by atoms with Crippen molar-refractivity contribution in [2.45, 2.75) is 33.2 Å². The number of benzene rings is 2. The van der Waals surface area contributed by atoms with Crippen molar-refractivity contribution >= 4 is 23.3 Å². The zero-order chi connectivity index (χ0) is 20.1. The van der Waals surface area contributed by atoms with Crippen LogP contribution in [0.5, 0.6) is 5.75 Å². The third-order valence-electron chi connectivity index (χ3n) is 4.83. The number of carbonyl (C=O) groups is 2. The number of fused-ring (bicyclic) bond motifs is 1. The normalized spacial score (nSPS) is 13.1. The summed E-state index contributed by atoms with van der Waals surface area (Å²) in [5.74, 6) is 0.888. The lowest BCUT2D eigenvalue weighted by atomic mass is 9.99. The third-order valence-corrected chi connectivity index (χ3v) is 4.83. The molecule has 1 aliphatic rings. The molecule has 2 aromatic carbocycles. The molecule has 1 aliphatic heterocycles. The van der Waals surface area contributed by atoms with Gasteiger partial charge in [-0.1, -0.05) is 26.0 Å². The molecular formula is C22H27N3O3. The molecule has 6 heteroatoms. The van der Waals surface area contributed by atoms with Gasteiger partial charge in [0.05, 0.1) is 7.11 Å². The van der Waals surface area contributed by atoms with Crippen molar-refractivity contribution < 1.29 is 14.3 Å². The molecule has 0 saturated heterocycles. The fourth-order valence-corrected chi connectivity index (χ4v) is 3.32. The maximum atomic E-state index is 12.4. The number of anilines is 2. The van der Waals surface area contributed by atoms with Gasteiger partial charge in [-0.15, -0.1) is 0 Å². The summed E-state index contributed by atoms with van der Waals surface area (Å²) in [5, 5.41) is 5.72. The molecule has 3 rings (SSSR count). The zero-order valence-electron chi connectivity index (χ0n) is 16.6. The van der Waals surface area contributed by atoms with Crippen molar-refractivity contribution in [1.82, 2.24) is 5.32 Å². The molecule has 2 aromatic rings. The minimum absolute atomic E-state index is 0.0347. The van der Waals surface area contributed by atoms with E-state index in [4.69, 9.17) is 4.74 Å². The van der Waals surface area contributed by atoms with Crippen LogP contribution in [0.25, 0.3) is 0 Å². The molecule has 0 saturated carbocycles. The first-order valence-electron chi connectivity index (χ1n) is 9.60. The Morgan fingerprint density at radius 1 is 1.14 bits per heavy atom. The molecule has 6 nitrogen and oxygen atoms in total. The summed E-state index contributed by atoms with van der Waals surface area (Å²) in [4.78, 5) is 26.5. The van der Waals surface area contributed by atoms with Crippen molar-refractivity contribution in [3.8, 4) is 5.75 Å². The highest BCUT2D eigenvalue weighted by molar-refractivity contribution is 5.96. The molecule has 0 fully saturated rings. The molecule has 0 spiro atoms. The van der Waals surface area contributed by atoms with Crippen LogP contribution in [0.4, 0.5) is 16.2 Å². The average Bonchev–Trinajstić information content (AvgIpc) is 2.71. The lowest BCUT2D eigenvalue weighted by Gasteiger charge is -2.31. The number of ether oxygens (including phenoxy) is 1. The quantitative estimate of drug-likeness (QED) is 0.824. The highest BCUT2D eigenvalue weighted by atomic mass is 16.5. The van der Waals surface area contributed by atoms with Crippen LogP contribution in [-0.2, 0) is 17.8 Å². The van der Waals surface area contributed by atoms with Crippen LogP contribution in [0.15, 0.2) is 42.5 Å². The second-order valence-electron chi connectivity index (χ2n) is 7.25. The van der Waals surface area contributed by atoms with Gasteiger partial charge in [0.2, 0.25) is 5.91 Å². The Kier molecular flexibility index (Phi) is 6.19. The smallest absolute Gasteiger partial charge is 0.319 e. The number of hydrogen-bond donors (Lipinski definition) is 2. The van der Waals surface area contributed by atoms with Crippen molar-refractivity contribution in [3.63, 3.8) is 0 Å². The molecule has 0 unspecified atom stereocenters. The van der Waals surface area contributed by atoms with Gasteiger partial charge >= 0.3 is 6.03 Å². The van der Waals surface area contributed by atoms with E-state index in [-0.39, 0.29) is 17.9 Å². The summed E-state index contributed by atoms with van der Waals surface area (Å²) in [5.41, 5.74) is 3.76. The van der Waals surface area contributed by atoms with Crippen LogP contribution in [0.3, 0.4) is 0 Å². The van der Waals surface area contributed by atoms with Gasteiger partial charge < -0.3 is 20.3 Å². The summed E-state index contributed by atoms with van der Waals surface area (Å²) >= 11 is 0. The largest absolute Gasteiger partial charge is 0.497 e. The molecule has 1 heterocycles. The Labute approximate surface area is 165 Å². The van der Waals surface area contributed by atoms with E-state index in [2.05, 4.69) is 10.6 Å². The van der Waals surface area contributed by atoms with Gasteiger partial charge in [0, 0.05) is 30.4 Å². The molecule has 148 valence electrons. The number of carbonyl (C=O) groups excluding carboxylic acids is 2. The van der Waals surface area contributed by atoms with Crippen molar-refractivity contribution in [1.29, 1.82) is 0 Å². The number of aryl methyl sites for hydroxylation is 1. The van der Waals surface area contributed by atoms with Crippen LogP contribution < -0.4 is 20.3 Å². The molecule has 0 atom stereocenters. The molecule has 3 amide bonds. The van der Waals surface area contributed by atoms with E-state index in [0.717, 1.165) is 47.6 Å². The SMILES string of the molecule is COc1ccc(CNC(=O)Nc2ccc3c(c2)CCCN3C(=O)C(C)C)cc1. The summed E-state index contributed by atoms with van der Waals surface area (Å²) in [6.45, 7) is 5.01. The van der Waals surface area contributed by atoms with E-state index in [0.29, 0.717) is 6.54 Å². The number of hydrogen-bond acceptors (Lipinski definition) is 3. The predicted octanol–water partition coefficient (Wildman–Crippen LogP) is 3.95. The van der Waals surface area contributed by atoms with Gasteiger partial charge in [0.25, 0.3) is 0 Å². The fourth-order valence-electron chi connectivity index (χ4n) is 3.32. The van der Waals surface area contributed by atoms with Gasteiger partial charge in [0.1, 0.15) is 5.75 Å². The van der Waals surface area contributed by atoms with Crippen molar-refractivity contribution in [2.75, 3.05) is 23.9 Å². The third kappa shape index (κ3) is 4.63. The maximum Gasteiger partial charge on any atom is 0.319 e. The Balaban J connectivity index is 1.61. The van der Waals surface area contributed by atoms with E-state index in [9.17, 15) is 9.59 Å². The summed E-state index contributed by atoms with van der Waals surface area (Å²) < 4.78 is 5.13. The Morgan fingerprint density at radius 2 is 1.89 bits per heavy atom. The Bertz CT molecular complexity index is 847. The predicted molar refractivity (Wildman–Crippen MR) is 111 cm³/mol. The van der Waals surface area contributed by atoms with E-state index in [1.807, 2.05) is 61.2 Å². The Hall–Kier alpha value is -3.02. The minimum atomic E-state index is -0.262. The first kappa shape index (κ1) is 19.7. The van der Waals surface area contributed by atoms with E-state index < -0.39 is 0 Å². The second-order valence-corrected chi connectivity index (χ2v) is 7.25. The van der Waals surface area contributed by atoms with Crippen LogP contribution in [-0.4, -0.2) is 25.6 Å². The molecule has 0 aliphatic carbocycles. The number of amides is 3. The molecule has 2 N–H and O–H groups in total. The van der Waals surface area contributed by atoms with Crippen molar-refractivity contribution in [2.24, 2.45) is 5.92 Å². The van der Waals surface area contributed by atoms with Crippen LogP contribution >= 0.6 is 0 Å². The molecule has 0 radical (unpaired) electrons. The van der Waals surface area contributed by atoms with Gasteiger partial charge in [-0.2, -0.15) is 0 Å². The molecular weight excluding hydrogens is 354 g/mol. The summed E-state index contributed by atoms with van der Waals surface area (Å²) in [6, 6.07) is 13.0. The van der Waals surface area contributed by atoms with Crippen LogP contribution in [0.2, 0.25) is 0 Å². The molecule has 0 bridgehead atoms. The van der Waals surface area contributed by atoms with E-state index >= 15 is 0 Å². The monoisotopic (exact) mass is 381 g/mol. The number of rotatable bonds is 5. The number of methoxy groups -OCH3 is 1. The second kappa shape index (κ2) is 8.78. The molecule has 28 heavy (non-hydrogen) atoms. The standard InChI is InChI=1S/C22H27N3O3/c1-15(2)21(26)25-12-4-5-17-13-18(8-11-20(17)25)24-22(27)23-14-16-6-9-19(28-3)10-7-16/h6-11,13,15H,4-5,12,14H2,1-3H3,(H2,23,24,27). The lowest BCUT2D eigenvalue weighted by molar-refractivity contribution is -0.121. The first-order valence-corrected chi connectivity index (χ1v) is 9.60. The molecule has 0 aromatic heterocycles. The summed E-state index contributed by atoms with van der Waals surface area (Å²) in [6.07, 6.45) is 1.83. The number of urea groups is 1. The fraction of sp³-hybridized carbons (Fsp3) is 0.364. The highest BCUT2D eigenvalue weighted by Gasteiger charge is 2.24. The van der Waals surface area contributed by atoms with Crippen LogP contribution in [0.1, 0.15) is 31.4 Å². The first-order chi connectivity index (χ1) is 13.5. The summed E-state index contributed by atoms with van der Waals surface area (Å²) in [7, 11) is 1.62. The van der Waals surface area contributed by atoms with E-state index in [1.54, 1.807) is 7.11 Å². The van der Waals surface area contributed by atoms with E-state index in [1.165, 1.54) is 0 Å². The highest BCUT2D eigenvalue weighted by Crippen LogP contribution is 2.30. The van der Waals surface area contributed by atoms with Gasteiger partial charge in [-0.3, -0.25) is 4.79 Å². The van der Waals surface area contributed by atoms with Crippen LogP contribution in [0, 0.1) is 5.92 Å². The lowest BCUT2D eigenvalue weighted by Crippen LogP contribution is -2.38. The average molecular weight is 381 g/mol. The zero-order valence-corrected chi connectivity index (χ0v) is 16.6. The minimum Gasteiger partial charge on any atom is -0.497 e.